The van der Waals surface area contributed by atoms with Crippen LogP contribution >= 0.6 is 11.3 Å². The maximum Gasteiger partial charge on any atom is 0.263 e. The highest BCUT2D eigenvalue weighted by Crippen LogP contribution is 2.17. The minimum Gasteiger partial charge on any atom is -0.320 e. The van der Waals surface area contributed by atoms with E-state index in [2.05, 4.69) is 26.8 Å². The van der Waals surface area contributed by atoms with Gasteiger partial charge in [0.2, 0.25) is 5.13 Å². The quantitative estimate of drug-likeness (QED) is 0.810. The summed E-state index contributed by atoms with van der Waals surface area (Å²) in [7, 11) is -3.64. The molecular weight excluding hydrogens is 284 g/mol. The molecule has 0 amide bonds. The summed E-state index contributed by atoms with van der Waals surface area (Å²) in [5, 5.41) is 7.42. The van der Waals surface area contributed by atoms with Gasteiger partial charge in [-0.25, -0.2) is 8.42 Å². The molecule has 6 nitrogen and oxygen atoms in total. The van der Waals surface area contributed by atoms with Gasteiger partial charge in [-0.2, -0.15) is 0 Å². The molecule has 0 fully saturated rings. The van der Waals surface area contributed by atoms with Gasteiger partial charge in [0.05, 0.1) is 11.4 Å². The molecule has 2 rings (SSSR count). The highest BCUT2D eigenvalue weighted by molar-refractivity contribution is 7.93. The molecule has 0 unspecified atom stereocenters. The third kappa shape index (κ3) is 3.51. The minimum atomic E-state index is -3.64. The Morgan fingerprint density at radius 3 is 2.63 bits per heavy atom. The van der Waals surface area contributed by atoms with Crippen LogP contribution in [0.3, 0.4) is 0 Å². The summed E-state index contributed by atoms with van der Waals surface area (Å²) in [4.78, 5) is 0.140. The smallest absolute Gasteiger partial charge is 0.263 e. The molecular formula is C11H10N4O2S2. The summed E-state index contributed by atoms with van der Waals surface area (Å²) in [6.07, 6.45) is 0. The third-order valence-corrected chi connectivity index (χ3v) is 4.17. The molecule has 0 aliphatic rings. The van der Waals surface area contributed by atoms with E-state index in [0.717, 1.165) is 11.3 Å². The number of sulfonamides is 1. The second-order valence-electron chi connectivity index (χ2n) is 3.38. The molecule has 0 aliphatic carbocycles. The van der Waals surface area contributed by atoms with Gasteiger partial charge in [0, 0.05) is 5.56 Å². The standard InChI is InChI=1S/C11H10N4O2S2/c12-7-1-2-9-3-5-10(6-4-9)19(16,17)15-11-14-13-8-18-11/h3-6,8H,7,12H2,(H,14,15). The summed E-state index contributed by atoms with van der Waals surface area (Å²) in [6, 6.07) is 6.20. The molecule has 19 heavy (non-hydrogen) atoms. The van der Waals surface area contributed by atoms with Crippen LogP contribution in [0.2, 0.25) is 0 Å². The first-order chi connectivity index (χ1) is 9.12. The number of hydrogen-bond donors (Lipinski definition) is 2. The van der Waals surface area contributed by atoms with Gasteiger partial charge in [0.25, 0.3) is 10.0 Å². The molecule has 0 spiro atoms. The fraction of sp³-hybridized carbons (Fsp3) is 0.0909. The molecule has 0 radical (unpaired) electrons. The lowest BCUT2D eigenvalue weighted by atomic mass is 10.2. The largest absolute Gasteiger partial charge is 0.320 e. The molecule has 0 aliphatic heterocycles. The third-order valence-electron chi connectivity index (χ3n) is 2.08. The Balaban J connectivity index is 2.21. The number of nitrogens with two attached hydrogens (primary N) is 1. The zero-order valence-corrected chi connectivity index (χ0v) is 11.3. The monoisotopic (exact) mass is 294 g/mol. The molecule has 0 saturated heterocycles. The Hall–Kier alpha value is -1.95. The van der Waals surface area contributed by atoms with Crippen LogP contribution in [-0.2, 0) is 10.0 Å². The SMILES string of the molecule is NCC#Cc1ccc(S(=O)(=O)Nc2nncs2)cc1. The Morgan fingerprint density at radius 2 is 2.05 bits per heavy atom. The van der Waals surface area contributed by atoms with Crippen LogP contribution < -0.4 is 10.5 Å². The van der Waals surface area contributed by atoms with E-state index in [-0.39, 0.29) is 16.6 Å². The molecule has 0 atom stereocenters. The fourth-order valence-corrected chi connectivity index (χ4v) is 2.95. The number of benzene rings is 1. The summed E-state index contributed by atoms with van der Waals surface area (Å²) in [5.74, 6) is 5.51. The number of rotatable bonds is 3. The van der Waals surface area contributed by atoms with Crippen LogP contribution in [0.1, 0.15) is 5.56 Å². The molecule has 1 aromatic heterocycles. The van der Waals surface area contributed by atoms with Crippen molar-refractivity contribution in [3.05, 3.63) is 35.3 Å². The summed E-state index contributed by atoms with van der Waals surface area (Å²) < 4.78 is 26.3. The van der Waals surface area contributed by atoms with E-state index in [1.54, 1.807) is 12.1 Å². The van der Waals surface area contributed by atoms with Crippen LogP contribution in [0.5, 0.6) is 0 Å². The van der Waals surface area contributed by atoms with Crippen molar-refractivity contribution in [2.24, 2.45) is 5.73 Å². The molecule has 98 valence electrons. The van der Waals surface area contributed by atoms with Crippen molar-refractivity contribution in [2.75, 3.05) is 11.3 Å². The highest BCUT2D eigenvalue weighted by atomic mass is 32.2. The number of nitrogens with one attached hydrogen (secondary N) is 1. The van der Waals surface area contributed by atoms with Crippen LogP contribution in [0.15, 0.2) is 34.7 Å². The first kappa shape index (κ1) is 13.5. The van der Waals surface area contributed by atoms with Crippen molar-refractivity contribution in [1.29, 1.82) is 0 Å². The van der Waals surface area contributed by atoms with E-state index in [1.165, 1.54) is 17.6 Å². The number of nitrogens with zero attached hydrogens (tertiary/aromatic N) is 2. The predicted molar refractivity (Wildman–Crippen MR) is 73.1 cm³/mol. The number of hydrogen-bond acceptors (Lipinski definition) is 6. The average molecular weight is 294 g/mol. The van der Waals surface area contributed by atoms with Gasteiger partial charge in [0.1, 0.15) is 5.51 Å². The lowest BCUT2D eigenvalue weighted by Gasteiger charge is -2.04. The second-order valence-corrected chi connectivity index (χ2v) is 5.90. The molecule has 0 bridgehead atoms. The zero-order chi connectivity index (χ0) is 13.7. The van der Waals surface area contributed by atoms with Crippen LogP contribution in [0.25, 0.3) is 0 Å². The molecule has 0 saturated carbocycles. The van der Waals surface area contributed by atoms with E-state index in [0.29, 0.717) is 5.56 Å². The first-order valence-electron chi connectivity index (χ1n) is 5.20. The van der Waals surface area contributed by atoms with Gasteiger partial charge >= 0.3 is 0 Å². The molecule has 1 heterocycles. The van der Waals surface area contributed by atoms with Crippen LogP contribution in [-0.4, -0.2) is 25.2 Å². The van der Waals surface area contributed by atoms with E-state index in [1.807, 2.05) is 0 Å². The van der Waals surface area contributed by atoms with Crippen molar-refractivity contribution in [1.82, 2.24) is 10.2 Å². The van der Waals surface area contributed by atoms with Gasteiger partial charge < -0.3 is 5.73 Å². The summed E-state index contributed by atoms with van der Waals surface area (Å²) in [5.41, 5.74) is 7.42. The van der Waals surface area contributed by atoms with E-state index in [9.17, 15) is 8.42 Å². The maximum atomic E-state index is 12.0. The highest BCUT2D eigenvalue weighted by Gasteiger charge is 2.15. The Kier molecular flexibility index (Phi) is 4.11. The van der Waals surface area contributed by atoms with E-state index < -0.39 is 10.0 Å². The van der Waals surface area contributed by atoms with Crippen molar-refractivity contribution >= 4 is 26.5 Å². The van der Waals surface area contributed by atoms with Crippen molar-refractivity contribution < 1.29 is 8.42 Å². The van der Waals surface area contributed by atoms with Gasteiger partial charge in [-0.15, -0.1) is 10.2 Å². The fourth-order valence-electron chi connectivity index (χ4n) is 1.26. The summed E-state index contributed by atoms with van der Waals surface area (Å²) in [6.45, 7) is 0.263. The number of anilines is 1. The first-order valence-corrected chi connectivity index (χ1v) is 7.56. The van der Waals surface area contributed by atoms with E-state index >= 15 is 0 Å². The average Bonchev–Trinajstić information content (AvgIpc) is 2.89. The number of aromatic nitrogens is 2. The topological polar surface area (TPSA) is 98.0 Å². The predicted octanol–water partition coefficient (Wildman–Crippen LogP) is 0.649. The molecule has 2 aromatic rings. The van der Waals surface area contributed by atoms with Crippen LogP contribution in [0, 0.1) is 11.8 Å². The Morgan fingerprint density at radius 1 is 1.32 bits per heavy atom. The van der Waals surface area contributed by atoms with E-state index in [4.69, 9.17) is 5.73 Å². The Bertz CT molecular complexity index is 697. The van der Waals surface area contributed by atoms with Gasteiger partial charge in [-0.05, 0) is 24.3 Å². The van der Waals surface area contributed by atoms with Gasteiger partial charge in [-0.3, -0.25) is 4.72 Å². The van der Waals surface area contributed by atoms with Crippen LogP contribution in [0.4, 0.5) is 5.13 Å². The lowest BCUT2D eigenvalue weighted by Crippen LogP contribution is -2.12. The summed E-state index contributed by atoms with van der Waals surface area (Å²) >= 11 is 1.11. The second kappa shape index (κ2) is 5.79. The lowest BCUT2D eigenvalue weighted by molar-refractivity contribution is 0.601. The van der Waals surface area contributed by atoms with Crippen molar-refractivity contribution in [3.63, 3.8) is 0 Å². The Labute approximate surface area is 114 Å². The van der Waals surface area contributed by atoms with Gasteiger partial charge in [0.15, 0.2) is 0 Å². The zero-order valence-electron chi connectivity index (χ0n) is 9.70. The molecule has 1 aromatic carbocycles. The minimum absolute atomic E-state index is 0.140. The normalized spacial score (nSPS) is 10.6. The maximum absolute atomic E-state index is 12.0. The molecule has 8 heteroatoms. The molecule has 3 N–H and O–H groups in total. The van der Waals surface area contributed by atoms with Gasteiger partial charge in [-0.1, -0.05) is 23.2 Å². The van der Waals surface area contributed by atoms with Crippen molar-refractivity contribution in [2.45, 2.75) is 4.90 Å². The van der Waals surface area contributed by atoms with Crippen molar-refractivity contribution in [3.8, 4) is 11.8 Å².